The summed E-state index contributed by atoms with van der Waals surface area (Å²) in [5.74, 6) is 1.83. The molecular weight excluding hydrogens is 505 g/mol. The molecule has 1 saturated heterocycles. The Balaban J connectivity index is 1.29. The molecule has 3 heterocycles. The number of halogens is 1. The molecule has 1 fully saturated rings. The van der Waals surface area contributed by atoms with E-state index in [1.54, 1.807) is 25.5 Å². The number of aromatic nitrogens is 3. The van der Waals surface area contributed by atoms with Gasteiger partial charge in [-0.2, -0.15) is 10.2 Å². The molecule has 10 heteroatoms. The lowest BCUT2D eigenvalue weighted by atomic mass is 9.95. The van der Waals surface area contributed by atoms with Gasteiger partial charge in [0.1, 0.15) is 23.5 Å². The summed E-state index contributed by atoms with van der Waals surface area (Å²) in [6, 6.07) is 15.1. The van der Waals surface area contributed by atoms with Gasteiger partial charge in [0.2, 0.25) is 0 Å². The maximum atomic E-state index is 13.6. The summed E-state index contributed by atoms with van der Waals surface area (Å²) in [7, 11) is 3.81. The average molecular weight is 542 g/mol. The number of hydrogen-bond acceptors (Lipinski definition) is 7. The lowest BCUT2D eigenvalue weighted by molar-refractivity contribution is 0.201. The predicted octanol–water partition coefficient (Wildman–Crippen LogP) is 5.00. The molecule has 4 aromatic rings. The Kier molecular flexibility index (Phi) is 8.35. The van der Waals surface area contributed by atoms with Crippen molar-refractivity contribution < 1.29 is 4.39 Å². The standard InChI is InChI=1S/C30H36FN9/c1-21-16-26(8-9-27(21)38(4)18-22-6-5-7-25(31)17-22)36-30-28-24(12-15-40(28)35-20-34-30)19-39-13-10-23(11-14-39)29(32-2)37-33-3/h5-9,12,15-17,20,23H,3,10-11,13-14,18-19H2,1-2,4H3,(H,32,37)(H,34,35,36). The monoisotopic (exact) mass is 541 g/mol. The third kappa shape index (κ3) is 6.12. The Hall–Kier alpha value is -4.31. The largest absolute Gasteiger partial charge is 0.370 e. The Morgan fingerprint density at radius 2 is 2.00 bits per heavy atom. The van der Waals surface area contributed by atoms with Crippen LogP contribution in [0.15, 0.2) is 71.1 Å². The molecule has 0 amide bonds. The second kappa shape index (κ2) is 12.3. The Morgan fingerprint density at radius 3 is 2.73 bits per heavy atom. The maximum absolute atomic E-state index is 13.6. The summed E-state index contributed by atoms with van der Waals surface area (Å²) in [6.45, 7) is 8.99. The van der Waals surface area contributed by atoms with Crippen molar-refractivity contribution in [2.75, 3.05) is 37.4 Å². The fourth-order valence-corrected chi connectivity index (χ4v) is 5.54. The molecule has 0 saturated carbocycles. The summed E-state index contributed by atoms with van der Waals surface area (Å²) in [5, 5.41) is 11.8. The molecule has 0 aliphatic carbocycles. The predicted molar refractivity (Wildman–Crippen MR) is 160 cm³/mol. The highest BCUT2D eigenvalue weighted by Gasteiger charge is 2.24. The van der Waals surface area contributed by atoms with Crippen LogP contribution in [0.4, 0.5) is 21.6 Å². The van der Waals surface area contributed by atoms with Gasteiger partial charge in [0.15, 0.2) is 5.82 Å². The molecule has 0 unspecified atom stereocenters. The number of nitrogens with one attached hydrogen (secondary N) is 2. The molecule has 0 radical (unpaired) electrons. The third-order valence-corrected chi connectivity index (χ3v) is 7.52. The summed E-state index contributed by atoms with van der Waals surface area (Å²) < 4.78 is 15.5. The van der Waals surface area contributed by atoms with E-state index >= 15 is 0 Å². The fraction of sp³-hybridized carbons (Fsp3) is 0.333. The van der Waals surface area contributed by atoms with E-state index in [1.165, 1.54) is 11.6 Å². The summed E-state index contributed by atoms with van der Waals surface area (Å²) in [4.78, 5) is 13.5. The molecule has 2 N–H and O–H groups in total. The zero-order chi connectivity index (χ0) is 28.1. The molecule has 2 aromatic carbocycles. The number of amidine groups is 1. The molecular formula is C30H36FN9. The Morgan fingerprint density at radius 1 is 1.18 bits per heavy atom. The number of likely N-dealkylation sites (tertiary alicyclic amines) is 1. The van der Waals surface area contributed by atoms with E-state index in [0.29, 0.717) is 12.5 Å². The van der Waals surface area contributed by atoms with Crippen molar-refractivity contribution in [3.05, 3.63) is 83.6 Å². The van der Waals surface area contributed by atoms with Gasteiger partial charge in [-0.3, -0.25) is 15.3 Å². The van der Waals surface area contributed by atoms with Crippen LogP contribution in [-0.2, 0) is 13.1 Å². The second-order valence-electron chi connectivity index (χ2n) is 10.3. The van der Waals surface area contributed by atoms with E-state index in [1.807, 2.05) is 23.8 Å². The zero-order valence-corrected chi connectivity index (χ0v) is 23.3. The van der Waals surface area contributed by atoms with E-state index in [-0.39, 0.29) is 5.82 Å². The second-order valence-corrected chi connectivity index (χ2v) is 10.3. The number of benzene rings is 2. The number of aliphatic imine (C=N–C) groups is 1. The summed E-state index contributed by atoms with van der Waals surface area (Å²) >= 11 is 0. The van der Waals surface area contributed by atoms with Crippen LogP contribution in [0.3, 0.4) is 0 Å². The van der Waals surface area contributed by atoms with Crippen molar-refractivity contribution in [3.8, 4) is 0 Å². The van der Waals surface area contributed by atoms with Crippen LogP contribution in [0.1, 0.15) is 29.5 Å². The van der Waals surface area contributed by atoms with Crippen LogP contribution in [0.5, 0.6) is 0 Å². The van der Waals surface area contributed by atoms with Crippen LogP contribution in [0.2, 0.25) is 0 Å². The Bertz CT molecular complexity index is 1500. The van der Waals surface area contributed by atoms with Crippen molar-refractivity contribution in [3.63, 3.8) is 0 Å². The SMILES string of the molecule is C=NNC(=NC)C1CCN(Cc2ccn3ncnc(Nc4ccc(N(C)Cc5cccc(F)c5)c(C)c4)c23)CC1. The smallest absolute Gasteiger partial charge is 0.158 e. The Labute approximate surface area is 234 Å². The van der Waals surface area contributed by atoms with Gasteiger partial charge < -0.3 is 10.2 Å². The number of hydrogen-bond donors (Lipinski definition) is 2. The number of anilines is 3. The van der Waals surface area contributed by atoms with Crippen LogP contribution in [-0.4, -0.2) is 59.2 Å². The molecule has 1 aliphatic rings. The van der Waals surface area contributed by atoms with E-state index in [4.69, 9.17) is 0 Å². The van der Waals surface area contributed by atoms with Gasteiger partial charge in [0.05, 0.1) is 0 Å². The van der Waals surface area contributed by atoms with Crippen molar-refractivity contribution in [1.82, 2.24) is 24.9 Å². The van der Waals surface area contributed by atoms with Gasteiger partial charge in [-0.1, -0.05) is 12.1 Å². The number of piperidine rings is 1. The lowest BCUT2D eigenvalue weighted by Crippen LogP contribution is -2.39. The molecule has 40 heavy (non-hydrogen) atoms. The van der Waals surface area contributed by atoms with Crippen molar-refractivity contribution in [2.24, 2.45) is 16.0 Å². The molecule has 208 valence electrons. The molecule has 0 bridgehead atoms. The molecule has 1 aliphatic heterocycles. The van der Waals surface area contributed by atoms with Gasteiger partial charge in [-0.15, -0.1) is 0 Å². The van der Waals surface area contributed by atoms with Gasteiger partial charge in [0.25, 0.3) is 0 Å². The first-order valence-electron chi connectivity index (χ1n) is 13.5. The highest BCUT2D eigenvalue weighted by molar-refractivity contribution is 5.84. The first-order valence-corrected chi connectivity index (χ1v) is 13.5. The topological polar surface area (TPSA) is 85.5 Å². The molecule has 2 aromatic heterocycles. The van der Waals surface area contributed by atoms with Crippen LogP contribution >= 0.6 is 0 Å². The quantitative estimate of drug-likeness (QED) is 0.176. The zero-order valence-electron chi connectivity index (χ0n) is 23.3. The van der Waals surface area contributed by atoms with E-state index in [0.717, 1.165) is 72.1 Å². The van der Waals surface area contributed by atoms with E-state index in [2.05, 4.69) is 78.6 Å². The number of aryl methyl sites for hydroxylation is 1. The summed E-state index contributed by atoms with van der Waals surface area (Å²) in [6.07, 6.45) is 5.59. The molecule has 0 atom stereocenters. The van der Waals surface area contributed by atoms with Crippen LogP contribution in [0.25, 0.3) is 5.52 Å². The van der Waals surface area contributed by atoms with E-state index < -0.39 is 0 Å². The van der Waals surface area contributed by atoms with Gasteiger partial charge in [0, 0.05) is 57.4 Å². The molecule has 5 rings (SSSR count). The average Bonchev–Trinajstić information content (AvgIpc) is 3.36. The number of nitrogens with zero attached hydrogens (tertiary/aromatic N) is 7. The minimum absolute atomic E-state index is 0.217. The minimum atomic E-state index is -0.217. The molecule has 9 nitrogen and oxygen atoms in total. The first kappa shape index (κ1) is 27.3. The van der Waals surface area contributed by atoms with Gasteiger partial charge in [-0.05, 0) is 85.9 Å². The van der Waals surface area contributed by atoms with Crippen molar-refractivity contribution >= 4 is 35.3 Å². The number of fused-ring (bicyclic) bond motifs is 1. The maximum Gasteiger partial charge on any atom is 0.158 e. The van der Waals surface area contributed by atoms with Crippen molar-refractivity contribution in [2.45, 2.75) is 32.9 Å². The number of hydrazone groups is 1. The van der Waals surface area contributed by atoms with Gasteiger partial charge in [-0.25, -0.2) is 13.9 Å². The van der Waals surface area contributed by atoms with Gasteiger partial charge >= 0.3 is 0 Å². The highest BCUT2D eigenvalue weighted by Crippen LogP contribution is 2.29. The lowest BCUT2D eigenvalue weighted by Gasteiger charge is -2.32. The minimum Gasteiger partial charge on any atom is -0.370 e. The molecule has 0 spiro atoms. The normalized spacial score (nSPS) is 14.8. The number of rotatable bonds is 9. The first-order chi connectivity index (χ1) is 19.4. The summed E-state index contributed by atoms with van der Waals surface area (Å²) in [5.41, 5.74) is 9.18. The van der Waals surface area contributed by atoms with Crippen molar-refractivity contribution in [1.29, 1.82) is 0 Å². The fourth-order valence-electron chi connectivity index (χ4n) is 5.54. The third-order valence-electron chi connectivity index (χ3n) is 7.52. The van der Waals surface area contributed by atoms with Crippen LogP contribution < -0.4 is 15.6 Å². The van der Waals surface area contributed by atoms with E-state index in [9.17, 15) is 4.39 Å². The van der Waals surface area contributed by atoms with Crippen LogP contribution in [0, 0.1) is 18.7 Å². The highest BCUT2D eigenvalue weighted by atomic mass is 19.1.